The van der Waals surface area contributed by atoms with E-state index in [9.17, 15) is 13.2 Å². The molecule has 1 saturated heterocycles. The van der Waals surface area contributed by atoms with Crippen LogP contribution in [0.4, 0.5) is 13.2 Å². The van der Waals surface area contributed by atoms with Gasteiger partial charge in [-0.2, -0.15) is 13.2 Å². The van der Waals surface area contributed by atoms with Crippen LogP contribution in [0.25, 0.3) is 0 Å². The highest BCUT2D eigenvalue weighted by Gasteiger charge is 2.34. The fourth-order valence-electron chi connectivity index (χ4n) is 2.38. The second-order valence-electron chi connectivity index (χ2n) is 5.30. The highest BCUT2D eigenvalue weighted by molar-refractivity contribution is 14.0. The van der Waals surface area contributed by atoms with E-state index in [-0.39, 0.29) is 30.0 Å². The number of aliphatic imine (C=N–C) groups is 1. The lowest BCUT2D eigenvalue weighted by Gasteiger charge is -2.25. The predicted octanol–water partition coefficient (Wildman–Crippen LogP) is 2.55. The summed E-state index contributed by atoms with van der Waals surface area (Å²) in [5.74, 6) is 0.761. The Labute approximate surface area is 142 Å². The van der Waals surface area contributed by atoms with Gasteiger partial charge in [-0.3, -0.25) is 9.89 Å². The van der Waals surface area contributed by atoms with Crippen LogP contribution in [0.15, 0.2) is 4.99 Å². The van der Waals surface area contributed by atoms with Gasteiger partial charge >= 0.3 is 6.18 Å². The molecule has 1 atom stereocenters. The first-order valence-electron chi connectivity index (χ1n) is 7.09. The molecule has 0 amide bonds. The molecule has 0 aromatic carbocycles. The summed E-state index contributed by atoms with van der Waals surface area (Å²) in [5.41, 5.74) is 0. The van der Waals surface area contributed by atoms with Crippen LogP contribution in [0.5, 0.6) is 0 Å². The largest absolute Gasteiger partial charge is 0.401 e. The van der Waals surface area contributed by atoms with E-state index in [1.54, 1.807) is 7.05 Å². The second-order valence-corrected chi connectivity index (χ2v) is 5.30. The summed E-state index contributed by atoms with van der Waals surface area (Å²) in [5, 5.41) is 3.26. The first-order chi connectivity index (χ1) is 9.35. The fraction of sp³-hybridized carbons (Fsp3) is 0.923. The van der Waals surface area contributed by atoms with Gasteiger partial charge in [-0.25, -0.2) is 0 Å². The quantitative estimate of drug-likeness (QED) is 0.420. The van der Waals surface area contributed by atoms with Crippen molar-refractivity contribution < 1.29 is 13.2 Å². The molecule has 1 fully saturated rings. The number of alkyl halides is 3. The molecule has 1 aliphatic heterocycles. The molecule has 1 heterocycles. The van der Waals surface area contributed by atoms with Gasteiger partial charge < -0.3 is 10.2 Å². The summed E-state index contributed by atoms with van der Waals surface area (Å²) in [6.07, 6.45) is -1.22. The number of hydrogen-bond donors (Lipinski definition) is 1. The Morgan fingerprint density at radius 3 is 2.62 bits per heavy atom. The maximum Gasteiger partial charge on any atom is 0.401 e. The molecule has 8 heteroatoms. The highest BCUT2D eigenvalue weighted by atomic mass is 127. The Morgan fingerprint density at radius 2 is 2.10 bits per heavy atom. The maximum absolute atomic E-state index is 12.3. The van der Waals surface area contributed by atoms with Crippen molar-refractivity contribution in [3.05, 3.63) is 0 Å². The number of halogens is 4. The van der Waals surface area contributed by atoms with Crippen LogP contribution in [0.1, 0.15) is 26.2 Å². The van der Waals surface area contributed by atoms with Crippen molar-refractivity contribution in [1.82, 2.24) is 15.1 Å². The van der Waals surface area contributed by atoms with E-state index in [0.29, 0.717) is 13.1 Å². The molecule has 0 aliphatic carbocycles. The van der Waals surface area contributed by atoms with Gasteiger partial charge in [-0.05, 0) is 12.8 Å². The molecule has 1 rings (SSSR count). The second kappa shape index (κ2) is 9.70. The lowest BCUT2D eigenvalue weighted by Crippen LogP contribution is -2.46. The van der Waals surface area contributed by atoms with E-state index in [2.05, 4.69) is 17.2 Å². The molecule has 0 aromatic heterocycles. The third-order valence-electron chi connectivity index (χ3n) is 3.43. The first-order valence-corrected chi connectivity index (χ1v) is 7.09. The SMILES string of the molecule is CCCCN(C)C(=NC)NC1CCN(CC(F)(F)F)C1.I. The van der Waals surface area contributed by atoms with Gasteiger partial charge in [-0.1, -0.05) is 13.3 Å². The monoisotopic (exact) mass is 422 g/mol. The number of unbranched alkanes of at least 4 members (excludes halogenated alkanes) is 1. The van der Waals surface area contributed by atoms with Crippen molar-refractivity contribution in [1.29, 1.82) is 0 Å². The Kier molecular flexibility index (Phi) is 9.59. The van der Waals surface area contributed by atoms with E-state index in [1.807, 2.05) is 11.9 Å². The minimum Gasteiger partial charge on any atom is -0.352 e. The first kappa shape index (κ1) is 20.8. The molecule has 0 aromatic rings. The molecule has 0 radical (unpaired) electrons. The minimum atomic E-state index is -4.12. The normalized spacial score (nSPS) is 20.3. The van der Waals surface area contributed by atoms with Crippen LogP contribution in [0.2, 0.25) is 0 Å². The highest BCUT2D eigenvalue weighted by Crippen LogP contribution is 2.20. The molecule has 0 bridgehead atoms. The number of guanidine groups is 1. The molecule has 1 N–H and O–H groups in total. The third kappa shape index (κ3) is 8.08. The lowest BCUT2D eigenvalue weighted by atomic mass is 10.2. The average molecular weight is 422 g/mol. The molecular weight excluding hydrogens is 396 g/mol. The number of nitrogens with zero attached hydrogens (tertiary/aromatic N) is 3. The van der Waals surface area contributed by atoms with Gasteiger partial charge in [0.25, 0.3) is 0 Å². The van der Waals surface area contributed by atoms with Crippen LogP contribution in [-0.4, -0.2) is 68.3 Å². The molecule has 1 unspecified atom stereocenters. The Hall–Kier alpha value is -0.250. The number of likely N-dealkylation sites (tertiary alicyclic amines) is 1. The summed E-state index contributed by atoms with van der Waals surface area (Å²) in [6.45, 7) is 3.09. The Morgan fingerprint density at radius 1 is 1.43 bits per heavy atom. The van der Waals surface area contributed by atoms with Crippen LogP contribution < -0.4 is 5.32 Å². The van der Waals surface area contributed by atoms with Gasteiger partial charge in [-0.15, -0.1) is 24.0 Å². The van der Waals surface area contributed by atoms with E-state index in [1.165, 1.54) is 4.90 Å². The van der Waals surface area contributed by atoms with Crippen molar-refractivity contribution in [3.63, 3.8) is 0 Å². The zero-order valence-electron chi connectivity index (χ0n) is 12.9. The van der Waals surface area contributed by atoms with Crippen molar-refractivity contribution in [2.75, 3.05) is 40.3 Å². The summed E-state index contributed by atoms with van der Waals surface area (Å²) < 4.78 is 37.0. The third-order valence-corrected chi connectivity index (χ3v) is 3.43. The van der Waals surface area contributed by atoms with Crippen molar-refractivity contribution >= 4 is 29.9 Å². The van der Waals surface area contributed by atoms with E-state index >= 15 is 0 Å². The van der Waals surface area contributed by atoms with Crippen LogP contribution in [0.3, 0.4) is 0 Å². The number of rotatable bonds is 5. The van der Waals surface area contributed by atoms with Crippen molar-refractivity contribution in [3.8, 4) is 0 Å². The fourth-order valence-corrected chi connectivity index (χ4v) is 2.38. The van der Waals surface area contributed by atoms with Crippen LogP contribution >= 0.6 is 24.0 Å². The molecule has 4 nitrogen and oxygen atoms in total. The van der Waals surface area contributed by atoms with Gasteiger partial charge in [0.05, 0.1) is 6.54 Å². The maximum atomic E-state index is 12.3. The smallest absolute Gasteiger partial charge is 0.352 e. The topological polar surface area (TPSA) is 30.9 Å². The lowest BCUT2D eigenvalue weighted by molar-refractivity contribution is -0.143. The van der Waals surface area contributed by atoms with E-state index in [4.69, 9.17) is 0 Å². The molecule has 1 aliphatic rings. The molecule has 0 spiro atoms. The van der Waals surface area contributed by atoms with Crippen LogP contribution in [0, 0.1) is 0 Å². The van der Waals surface area contributed by atoms with Crippen molar-refractivity contribution in [2.45, 2.75) is 38.4 Å². The average Bonchev–Trinajstić information content (AvgIpc) is 2.78. The van der Waals surface area contributed by atoms with Gasteiger partial charge in [0, 0.05) is 39.8 Å². The van der Waals surface area contributed by atoms with Gasteiger partial charge in [0.1, 0.15) is 0 Å². The molecular formula is C13H26F3IN4. The molecule has 0 saturated carbocycles. The van der Waals surface area contributed by atoms with E-state index in [0.717, 1.165) is 31.8 Å². The predicted molar refractivity (Wildman–Crippen MR) is 90.3 cm³/mol. The summed E-state index contributed by atoms with van der Waals surface area (Å²) in [6, 6.07) is 0.0418. The number of hydrogen-bond acceptors (Lipinski definition) is 2. The Bertz CT molecular complexity index is 323. The molecule has 21 heavy (non-hydrogen) atoms. The van der Waals surface area contributed by atoms with E-state index < -0.39 is 12.7 Å². The minimum absolute atomic E-state index is 0. The van der Waals surface area contributed by atoms with Gasteiger partial charge in [0.15, 0.2) is 5.96 Å². The summed E-state index contributed by atoms with van der Waals surface area (Å²) in [7, 11) is 3.65. The summed E-state index contributed by atoms with van der Waals surface area (Å²) >= 11 is 0. The zero-order chi connectivity index (χ0) is 15.2. The zero-order valence-corrected chi connectivity index (χ0v) is 15.2. The van der Waals surface area contributed by atoms with Crippen molar-refractivity contribution in [2.24, 2.45) is 4.99 Å². The summed E-state index contributed by atoms with van der Waals surface area (Å²) in [4.78, 5) is 7.66. The molecule has 126 valence electrons. The van der Waals surface area contributed by atoms with Gasteiger partial charge in [0.2, 0.25) is 0 Å². The standard InChI is InChI=1S/C13H25F3N4.HI/c1-4-5-7-19(3)12(17-2)18-11-6-8-20(9-11)10-13(14,15)16;/h11H,4-10H2,1-3H3,(H,17,18);1H. The Balaban J connectivity index is 0.00000400. The number of nitrogens with one attached hydrogen (secondary N) is 1. The van der Waals surface area contributed by atoms with Crippen LogP contribution in [-0.2, 0) is 0 Å².